The molecule has 0 N–H and O–H groups in total. The molecule has 140 valence electrons. The normalized spacial score (nSPS) is 17.5. The topological polar surface area (TPSA) is 38.1 Å². The first-order chi connectivity index (χ1) is 12.6. The zero-order valence-electron chi connectivity index (χ0n) is 15.1. The largest absolute Gasteiger partial charge is 0.337 e. The van der Waals surface area contributed by atoms with Crippen LogP contribution in [0.25, 0.3) is 0 Å². The fourth-order valence-corrected chi connectivity index (χ4v) is 3.64. The first kappa shape index (κ1) is 18.5. The fourth-order valence-electron chi connectivity index (χ4n) is 3.64. The Morgan fingerprint density at radius 3 is 2.92 bits per heavy atom. The molecule has 0 radical (unpaired) electrons. The second kappa shape index (κ2) is 8.43. The van der Waals surface area contributed by atoms with Crippen LogP contribution in [0.2, 0.25) is 0 Å². The summed E-state index contributed by atoms with van der Waals surface area (Å²) >= 11 is 0. The van der Waals surface area contributed by atoms with Crippen LogP contribution in [0, 0.1) is 17.6 Å². The Morgan fingerprint density at radius 1 is 1.31 bits per heavy atom. The lowest BCUT2D eigenvalue weighted by atomic mass is 9.91. The zero-order valence-corrected chi connectivity index (χ0v) is 15.1. The van der Waals surface area contributed by atoms with Crippen molar-refractivity contribution in [3.8, 4) is 0 Å². The molecule has 2 heterocycles. The summed E-state index contributed by atoms with van der Waals surface area (Å²) in [4.78, 5) is 14.7. The Hall–Kier alpha value is -2.24. The van der Waals surface area contributed by atoms with Crippen molar-refractivity contribution in [2.24, 2.45) is 5.92 Å². The summed E-state index contributed by atoms with van der Waals surface area (Å²) in [6.07, 6.45) is 5.92. The standard InChI is InChI=1S/C20H25F2N3O/c1-2-11-25-19(9-10-23-25)20(26)24-12-3-4-15(14-24)5-6-16-7-8-17(21)13-18(16)22/h7-10,13,15H,2-6,11-12,14H2,1H3/t15-/m0/s1. The fraction of sp³-hybridized carbons (Fsp3) is 0.500. The number of hydrogen-bond acceptors (Lipinski definition) is 2. The van der Waals surface area contributed by atoms with E-state index in [2.05, 4.69) is 12.0 Å². The smallest absolute Gasteiger partial charge is 0.272 e. The molecule has 0 spiro atoms. The van der Waals surface area contributed by atoms with Crippen molar-refractivity contribution in [3.05, 3.63) is 53.4 Å². The lowest BCUT2D eigenvalue weighted by molar-refractivity contribution is 0.0655. The second-order valence-corrected chi connectivity index (χ2v) is 6.97. The first-order valence-electron chi connectivity index (χ1n) is 9.33. The van der Waals surface area contributed by atoms with Crippen LogP contribution in [0.4, 0.5) is 8.78 Å². The molecular formula is C20H25F2N3O. The molecule has 1 saturated heterocycles. The average molecular weight is 361 g/mol. The van der Waals surface area contributed by atoms with E-state index in [-0.39, 0.29) is 5.91 Å². The minimum Gasteiger partial charge on any atom is -0.337 e. The third-order valence-electron chi connectivity index (χ3n) is 5.01. The highest BCUT2D eigenvalue weighted by Gasteiger charge is 2.26. The summed E-state index contributed by atoms with van der Waals surface area (Å²) in [7, 11) is 0. The zero-order chi connectivity index (χ0) is 18.5. The monoisotopic (exact) mass is 361 g/mol. The highest BCUT2D eigenvalue weighted by Crippen LogP contribution is 2.24. The molecule has 1 amide bonds. The number of nitrogens with zero attached hydrogens (tertiary/aromatic N) is 3. The van der Waals surface area contributed by atoms with E-state index in [1.807, 2.05) is 4.90 Å². The van der Waals surface area contributed by atoms with E-state index < -0.39 is 11.6 Å². The van der Waals surface area contributed by atoms with Gasteiger partial charge in [0.1, 0.15) is 17.3 Å². The third-order valence-corrected chi connectivity index (χ3v) is 5.01. The molecule has 26 heavy (non-hydrogen) atoms. The Morgan fingerprint density at radius 2 is 2.15 bits per heavy atom. The number of halogens is 2. The van der Waals surface area contributed by atoms with Crippen molar-refractivity contribution < 1.29 is 13.6 Å². The van der Waals surface area contributed by atoms with Crippen molar-refractivity contribution in [3.63, 3.8) is 0 Å². The van der Waals surface area contributed by atoms with Crippen LogP contribution >= 0.6 is 0 Å². The minimum atomic E-state index is -0.552. The molecule has 0 bridgehead atoms. The summed E-state index contributed by atoms with van der Waals surface area (Å²) in [6, 6.07) is 5.51. The quantitative estimate of drug-likeness (QED) is 0.778. The Balaban J connectivity index is 1.60. The molecule has 4 nitrogen and oxygen atoms in total. The highest BCUT2D eigenvalue weighted by atomic mass is 19.1. The highest BCUT2D eigenvalue weighted by molar-refractivity contribution is 5.92. The number of carbonyl (C=O) groups is 1. The molecule has 1 aromatic carbocycles. The minimum absolute atomic E-state index is 0.0219. The molecule has 6 heteroatoms. The first-order valence-corrected chi connectivity index (χ1v) is 9.33. The molecule has 1 fully saturated rings. The van der Waals surface area contributed by atoms with Gasteiger partial charge in [0.2, 0.25) is 0 Å². The Labute approximate surface area is 152 Å². The van der Waals surface area contributed by atoms with Gasteiger partial charge in [0.05, 0.1) is 0 Å². The van der Waals surface area contributed by atoms with Crippen LogP contribution in [0.15, 0.2) is 30.5 Å². The Bertz CT molecular complexity index is 759. The summed E-state index contributed by atoms with van der Waals surface area (Å²) in [5.41, 5.74) is 1.17. The number of benzene rings is 1. The molecule has 1 atom stereocenters. The van der Waals surface area contributed by atoms with Crippen LogP contribution in [-0.4, -0.2) is 33.7 Å². The van der Waals surface area contributed by atoms with Crippen molar-refractivity contribution in [1.29, 1.82) is 0 Å². The van der Waals surface area contributed by atoms with Crippen LogP contribution in [-0.2, 0) is 13.0 Å². The lowest BCUT2D eigenvalue weighted by Crippen LogP contribution is -2.41. The predicted octanol–water partition coefficient (Wildman–Crippen LogP) is 4.06. The maximum absolute atomic E-state index is 13.8. The SMILES string of the molecule is CCCn1nccc1C(=O)N1CCC[C@@H](CCc2ccc(F)cc2F)C1. The van der Waals surface area contributed by atoms with Crippen LogP contribution in [0.3, 0.4) is 0 Å². The van der Waals surface area contributed by atoms with Gasteiger partial charge in [0, 0.05) is 31.9 Å². The van der Waals surface area contributed by atoms with Gasteiger partial charge in [-0.25, -0.2) is 8.78 Å². The van der Waals surface area contributed by atoms with Gasteiger partial charge in [0.25, 0.3) is 5.91 Å². The van der Waals surface area contributed by atoms with Gasteiger partial charge in [-0.15, -0.1) is 0 Å². The van der Waals surface area contributed by atoms with Gasteiger partial charge in [-0.2, -0.15) is 5.10 Å². The summed E-state index contributed by atoms with van der Waals surface area (Å²) in [6.45, 7) is 4.22. The van der Waals surface area contributed by atoms with Gasteiger partial charge in [-0.3, -0.25) is 9.48 Å². The van der Waals surface area contributed by atoms with E-state index in [1.165, 1.54) is 12.1 Å². The second-order valence-electron chi connectivity index (χ2n) is 6.97. The molecule has 1 aliphatic heterocycles. The summed E-state index contributed by atoms with van der Waals surface area (Å²) < 4.78 is 28.6. The predicted molar refractivity (Wildman–Crippen MR) is 95.8 cm³/mol. The van der Waals surface area contributed by atoms with Gasteiger partial charge in [-0.1, -0.05) is 13.0 Å². The summed E-state index contributed by atoms with van der Waals surface area (Å²) in [5.74, 6) is -0.685. The van der Waals surface area contributed by atoms with Crippen LogP contribution in [0.1, 0.15) is 48.7 Å². The number of aryl methyl sites for hydroxylation is 2. The van der Waals surface area contributed by atoms with E-state index in [9.17, 15) is 13.6 Å². The summed E-state index contributed by atoms with van der Waals surface area (Å²) in [5, 5.41) is 4.23. The number of aromatic nitrogens is 2. The molecule has 3 rings (SSSR count). The number of rotatable bonds is 6. The van der Waals surface area contributed by atoms with Crippen LogP contribution in [0.5, 0.6) is 0 Å². The van der Waals surface area contributed by atoms with E-state index >= 15 is 0 Å². The molecule has 1 aromatic heterocycles. The van der Waals surface area contributed by atoms with Crippen molar-refractivity contribution in [1.82, 2.24) is 14.7 Å². The number of carbonyl (C=O) groups excluding carboxylic acids is 1. The molecule has 0 saturated carbocycles. The van der Waals surface area contributed by atoms with Gasteiger partial charge >= 0.3 is 0 Å². The van der Waals surface area contributed by atoms with Crippen molar-refractivity contribution in [2.75, 3.05) is 13.1 Å². The van der Waals surface area contributed by atoms with Crippen LogP contribution < -0.4 is 0 Å². The lowest BCUT2D eigenvalue weighted by Gasteiger charge is -2.33. The van der Waals surface area contributed by atoms with Gasteiger partial charge < -0.3 is 4.90 Å². The number of likely N-dealkylation sites (tertiary alicyclic amines) is 1. The molecule has 1 aliphatic rings. The third kappa shape index (κ3) is 4.29. The maximum atomic E-state index is 13.8. The number of hydrogen-bond donors (Lipinski definition) is 0. The van der Waals surface area contributed by atoms with Crippen molar-refractivity contribution in [2.45, 2.75) is 45.6 Å². The van der Waals surface area contributed by atoms with Gasteiger partial charge in [-0.05, 0) is 55.7 Å². The van der Waals surface area contributed by atoms with Gasteiger partial charge in [0.15, 0.2) is 0 Å². The van der Waals surface area contributed by atoms with E-state index in [1.54, 1.807) is 16.9 Å². The van der Waals surface area contributed by atoms with E-state index in [4.69, 9.17) is 0 Å². The number of piperidine rings is 1. The molecule has 0 unspecified atom stereocenters. The maximum Gasteiger partial charge on any atom is 0.272 e. The Kier molecular flexibility index (Phi) is 6.01. The number of amides is 1. The van der Waals surface area contributed by atoms with E-state index in [0.29, 0.717) is 30.1 Å². The van der Waals surface area contributed by atoms with Crippen molar-refractivity contribution >= 4 is 5.91 Å². The molecule has 0 aliphatic carbocycles. The molecular weight excluding hydrogens is 336 g/mol. The van der Waals surface area contributed by atoms with E-state index in [0.717, 1.165) is 44.8 Å². The molecule has 2 aromatic rings. The average Bonchev–Trinajstić information content (AvgIpc) is 3.09.